The fraction of sp³-hybridized carbons (Fsp3) is 0.0556. The lowest BCUT2D eigenvalue weighted by molar-refractivity contribution is 0.558. The molecule has 4 aromatic rings. The minimum atomic E-state index is -0.475. The number of nitrogens with zero attached hydrogens (tertiary/aromatic N) is 3. The number of aromatic nitrogens is 3. The highest BCUT2D eigenvalue weighted by Crippen LogP contribution is 2.30. The maximum Gasteiger partial charge on any atom is 0.278 e. The van der Waals surface area contributed by atoms with Crippen LogP contribution in [-0.2, 0) is 6.54 Å². The molecule has 2 aromatic carbocycles. The number of hydrogen-bond acceptors (Lipinski definition) is 4. The van der Waals surface area contributed by atoms with Gasteiger partial charge in [0.05, 0.1) is 11.9 Å². The zero-order valence-corrected chi connectivity index (χ0v) is 14.4. The molecule has 0 saturated carbocycles. The molecular weight excluding hydrogens is 361 g/mol. The van der Waals surface area contributed by atoms with Crippen LogP contribution >= 0.6 is 22.9 Å². The van der Waals surface area contributed by atoms with E-state index < -0.39 is 5.82 Å². The van der Waals surface area contributed by atoms with Gasteiger partial charge in [-0.2, -0.15) is 0 Å². The van der Waals surface area contributed by atoms with Crippen molar-refractivity contribution in [2.45, 2.75) is 6.54 Å². The number of benzene rings is 2. The molecule has 0 atom stereocenters. The Kier molecular flexibility index (Phi) is 4.07. The second-order valence-electron chi connectivity index (χ2n) is 5.45. The fourth-order valence-corrected chi connectivity index (χ4v) is 3.76. The van der Waals surface area contributed by atoms with Crippen molar-refractivity contribution in [2.24, 2.45) is 0 Å². The first kappa shape index (κ1) is 15.9. The van der Waals surface area contributed by atoms with Crippen LogP contribution in [-0.4, -0.2) is 15.0 Å². The van der Waals surface area contributed by atoms with Crippen molar-refractivity contribution in [3.63, 3.8) is 0 Å². The highest BCUT2D eigenvalue weighted by atomic mass is 35.5. The van der Waals surface area contributed by atoms with Crippen molar-refractivity contribution in [2.75, 3.05) is 0 Å². The van der Waals surface area contributed by atoms with E-state index in [1.165, 1.54) is 23.5 Å². The van der Waals surface area contributed by atoms with Gasteiger partial charge < -0.3 is 0 Å². The molecular formula is C18H11ClFN3OS. The first-order valence-electron chi connectivity index (χ1n) is 7.49. The van der Waals surface area contributed by atoms with Gasteiger partial charge in [-0.1, -0.05) is 53.2 Å². The smallest absolute Gasteiger partial charge is 0.267 e. The molecule has 0 bridgehead atoms. The Hall–Kier alpha value is -2.57. The van der Waals surface area contributed by atoms with Gasteiger partial charge >= 0.3 is 0 Å². The molecule has 0 spiro atoms. The summed E-state index contributed by atoms with van der Waals surface area (Å²) in [6.07, 6.45) is 0. The van der Waals surface area contributed by atoms with E-state index >= 15 is 0 Å². The van der Waals surface area contributed by atoms with Crippen LogP contribution in [0.2, 0.25) is 5.02 Å². The average Bonchev–Trinajstić information content (AvgIpc) is 3.06. The Labute approximate surface area is 151 Å². The van der Waals surface area contributed by atoms with Gasteiger partial charge in [0, 0.05) is 15.5 Å². The van der Waals surface area contributed by atoms with E-state index in [0.717, 1.165) is 15.1 Å². The lowest BCUT2D eigenvalue weighted by Gasteiger charge is -2.06. The molecule has 0 aliphatic rings. The molecule has 0 saturated heterocycles. The Morgan fingerprint density at radius 1 is 1.12 bits per heavy atom. The molecule has 0 fully saturated rings. The van der Waals surface area contributed by atoms with Crippen molar-refractivity contribution in [3.05, 3.63) is 81.4 Å². The molecule has 0 aliphatic carbocycles. The molecule has 0 radical (unpaired) electrons. The molecule has 7 heteroatoms. The Morgan fingerprint density at radius 2 is 1.92 bits per heavy atom. The summed E-state index contributed by atoms with van der Waals surface area (Å²) < 4.78 is 15.1. The van der Waals surface area contributed by atoms with E-state index in [1.807, 2.05) is 30.3 Å². The maximum atomic E-state index is 14.0. The zero-order valence-electron chi connectivity index (χ0n) is 12.8. The summed E-state index contributed by atoms with van der Waals surface area (Å²) in [5.74, 6) is -0.475. The van der Waals surface area contributed by atoms with E-state index in [0.29, 0.717) is 10.2 Å². The minimum Gasteiger partial charge on any atom is -0.267 e. The van der Waals surface area contributed by atoms with E-state index in [4.69, 9.17) is 11.6 Å². The highest BCUT2D eigenvalue weighted by molar-refractivity contribution is 7.21. The van der Waals surface area contributed by atoms with Crippen LogP contribution in [0.1, 0.15) is 5.56 Å². The predicted molar refractivity (Wildman–Crippen MR) is 97.6 cm³/mol. The lowest BCUT2D eigenvalue weighted by Crippen LogP contribution is -2.24. The van der Waals surface area contributed by atoms with Gasteiger partial charge in [0.1, 0.15) is 5.82 Å². The second kappa shape index (κ2) is 6.38. The van der Waals surface area contributed by atoms with Gasteiger partial charge in [-0.15, -0.1) is 16.4 Å². The Bertz CT molecular complexity index is 1100. The van der Waals surface area contributed by atoms with Gasteiger partial charge in [-0.05, 0) is 23.8 Å². The predicted octanol–water partition coefficient (Wildman–Crippen LogP) is 4.36. The van der Waals surface area contributed by atoms with Crippen LogP contribution in [0.5, 0.6) is 0 Å². The lowest BCUT2D eigenvalue weighted by atomic mass is 10.2. The zero-order chi connectivity index (χ0) is 17.4. The maximum absolute atomic E-state index is 14.0. The molecule has 0 aliphatic heterocycles. The highest BCUT2D eigenvalue weighted by Gasteiger charge is 2.14. The van der Waals surface area contributed by atoms with E-state index in [9.17, 15) is 9.18 Å². The topological polar surface area (TPSA) is 47.8 Å². The van der Waals surface area contributed by atoms with Crippen molar-refractivity contribution in [1.82, 2.24) is 15.0 Å². The third kappa shape index (κ3) is 2.94. The fourth-order valence-electron chi connectivity index (χ4n) is 2.56. The molecule has 0 N–H and O–H groups in total. The number of halogens is 2. The molecule has 0 unspecified atom stereocenters. The van der Waals surface area contributed by atoms with Crippen LogP contribution in [0.25, 0.3) is 20.7 Å². The Balaban J connectivity index is 1.79. The van der Waals surface area contributed by atoms with Gasteiger partial charge in [-0.3, -0.25) is 4.79 Å². The van der Waals surface area contributed by atoms with Crippen LogP contribution in [0.15, 0.2) is 59.4 Å². The first-order valence-corrected chi connectivity index (χ1v) is 8.68. The quantitative estimate of drug-likeness (QED) is 0.537. The van der Waals surface area contributed by atoms with Crippen LogP contribution < -0.4 is 5.56 Å². The van der Waals surface area contributed by atoms with E-state index in [-0.39, 0.29) is 22.7 Å². The SMILES string of the molecule is O=c1c2cc(-c3ccccc3)sc2nnn1Cc1c(F)cccc1Cl. The van der Waals surface area contributed by atoms with Crippen LogP contribution in [0.4, 0.5) is 4.39 Å². The number of hydrogen-bond donors (Lipinski definition) is 0. The third-order valence-corrected chi connectivity index (χ3v) is 5.27. The standard InChI is InChI=1S/C18H11ClFN3OS/c19-14-7-4-8-15(20)13(14)10-23-18(24)12-9-16(25-17(12)21-22-23)11-5-2-1-3-6-11/h1-9H,10H2. The summed E-state index contributed by atoms with van der Waals surface area (Å²) in [7, 11) is 0. The van der Waals surface area contributed by atoms with Gasteiger partial charge in [-0.25, -0.2) is 9.07 Å². The molecule has 2 aromatic heterocycles. The molecule has 2 heterocycles. The van der Waals surface area contributed by atoms with Gasteiger partial charge in [0.15, 0.2) is 4.83 Å². The van der Waals surface area contributed by atoms with Crippen molar-refractivity contribution in [3.8, 4) is 10.4 Å². The van der Waals surface area contributed by atoms with Crippen LogP contribution in [0, 0.1) is 5.82 Å². The summed E-state index contributed by atoms with van der Waals surface area (Å²) in [6.45, 7) is -0.0657. The monoisotopic (exact) mass is 371 g/mol. The van der Waals surface area contributed by atoms with Crippen LogP contribution in [0.3, 0.4) is 0 Å². The van der Waals surface area contributed by atoms with E-state index in [1.54, 1.807) is 12.1 Å². The summed E-state index contributed by atoms with van der Waals surface area (Å²) in [5.41, 5.74) is 0.912. The molecule has 4 nitrogen and oxygen atoms in total. The summed E-state index contributed by atoms with van der Waals surface area (Å²) in [6, 6.07) is 15.9. The van der Waals surface area contributed by atoms with Crippen molar-refractivity contribution >= 4 is 33.2 Å². The first-order chi connectivity index (χ1) is 12.1. The molecule has 124 valence electrons. The largest absolute Gasteiger partial charge is 0.278 e. The van der Waals surface area contributed by atoms with Gasteiger partial charge in [0.25, 0.3) is 5.56 Å². The summed E-state index contributed by atoms with van der Waals surface area (Å²) >= 11 is 7.43. The van der Waals surface area contributed by atoms with Gasteiger partial charge in [0.2, 0.25) is 0 Å². The molecule has 25 heavy (non-hydrogen) atoms. The third-order valence-electron chi connectivity index (χ3n) is 3.85. The summed E-state index contributed by atoms with van der Waals surface area (Å²) in [4.78, 5) is 14.2. The van der Waals surface area contributed by atoms with E-state index in [2.05, 4.69) is 10.3 Å². The molecule has 0 amide bonds. The number of thiophene rings is 1. The minimum absolute atomic E-state index is 0.0657. The summed E-state index contributed by atoms with van der Waals surface area (Å²) in [5, 5.41) is 8.76. The number of rotatable bonds is 3. The van der Waals surface area contributed by atoms with Crippen molar-refractivity contribution in [1.29, 1.82) is 0 Å². The van der Waals surface area contributed by atoms with Crippen molar-refractivity contribution < 1.29 is 4.39 Å². The average molecular weight is 372 g/mol. The molecule has 4 rings (SSSR count). The normalized spacial score (nSPS) is 11.1. The number of fused-ring (bicyclic) bond motifs is 1. The second-order valence-corrected chi connectivity index (χ2v) is 6.89. The Morgan fingerprint density at radius 3 is 2.68 bits per heavy atom.